The molecule has 0 aliphatic carbocycles. The number of hydrogen-bond acceptors (Lipinski definition) is 2. The Morgan fingerprint density at radius 3 is 2.11 bits per heavy atom. The van der Waals surface area contributed by atoms with Crippen molar-refractivity contribution in [2.75, 3.05) is 13.7 Å². The molecule has 0 saturated heterocycles. The van der Waals surface area contributed by atoms with Gasteiger partial charge in [-0.3, -0.25) is 0 Å². The molecule has 0 aliphatic heterocycles. The highest BCUT2D eigenvalue weighted by Gasteiger charge is 2.39. The van der Waals surface area contributed by atoms with Crippen molar-refractivity contribution in [2.24, 2.45) is 0 Å². The van der Waals surface area contributed by atoms with Gasteiger partial charge in [0.1, 0.15) is 0 Å². The molecule has 0 aromatic heterocycles. The molecule has 2 aromatic carbocycles. The number of allylic oxidation sites excluding steroid dienone is 1. The van der Waals surface area contributed by atoms with Gasteiger partial charge in [-0.1, -0.05) is 72.4 Å². The third-order valence-electron chi connectivity index (χ3n) is 4.34. The molecular weight excluding hydrogens is 348 g/mol. The molecule has 3 heteroatoms. The minimum atomic E-state index is -2.67. The topological polar surface area (TPSA) is 18.5 Å². The molecule has 1 unspecified atom stereocenters. The average molecular weight is 377 g/mol. The summed E-state index contributed by atoms with van der Waals surface area (Å²) in [5, 5.41) is 2.38. The van der Waals surface area contributed by atoms with Gasteiger partial charge in [0.05, 0.1) is 12.7 Å². The molecule has 27 heavy (non-hydrogen) atoms. The molecule has 2 aromatic rings. The number of terminal acetylenes is 1. The summed E-state index contributed by atoms with van der Waals surface area (Å²) in [5.41, 5.74) is 3.47. The summed E-state index contributed by atoms with van der Waals surface area (Å²) in [4.78, 5) is 0. The van der Waals surface area contributed by atoms with E-state index in [-0.39, 0.29) is 6.10 Å². The molecule has 2 rings (SSSR count). The van der Waals surface area contributed by atoms with Crippen LogP contribution in [-0.2, 0) is 9.16 Å². The van der Waals surface area contributed by atoms with Crippen LogP contribution < -0.4 is 10.4 Å². The van der Waals surface area contributed by atoms with Crippen LogP contribution in [0.4, 0.5) is 0 Å². The zero-order valence-electron chi connectivity index (χ0n) is 16.2. The highest BCUT2D eigenvalue weighted by atomic mass is 28.4. The number of benzene rings is 2. The Bertz CT molecular complexity index is 736. The van der Waals surface area contributed by atoms with Gasteiger partial charge in [-0.25, -0.2) is 0 Å². The monoisotopic (exact) mass is 376 g/mol. The van der Waals surface area contributed by atoms with E-state index in [0.717, 1.165) is 6.42 Å². The second-order valence-electron chi connectivity index (χ2n) is 6.53. The van der Waals surface area contributed by atoms with E-state index < -0.39 is 8.32 Å². The van der Waals surface area contributed by atoms with Crippen molar-refractivity contribution in [1.82, 2.24) is 0 Å². The summed E-state index contributed by atoms with van der Waals surface area (Å²) in [6.07, 6.45) is 8.75. The predicted molar refractivity (Wildman–Crippen MR) is 117 cm³/mol. The first kappa shape index (κ1) is 20.9. The Kier molecular flexibility index (Phi) is 8.28. The molecule has 0 N–H and O–H groups in total. The lowest BCUT2D eigenvalue weighted by atomic mass is 10.2. The van der Waals surface area contributed by atoms with E-state index in [4.69, 9.17) is 15.6 Å². The molecule has 0 spiro atoms. The molecular formula is C24H28O2Si. The van der Waals surface area contributed by atoms with E-state index in [0.29, 0.717) is 13.0 Å². The molecule has 0 aliphatic rings. The minimum absolute atomic E-state index is 0.0501. The zero-order chi connectivity index (χ0) is 19.5. The Morgan fingerprint density at radius 2 is 1.67 bits per heavy atom. The standard InChI is InChI=1S/C24H28O2Si/c1-5-13-21(3)26-27(23-15-9-7-10-16-23,24-17-11-8-12-18-24)20-22(14-6-2)19-25-4/h1,6-12,15-18,20-21H,2,13-14,19H2,3-4H3/b22-20+. The normalized spacial score (nSPS) is 13.0. The minimum Gasteiger partial charge on any atom is -0.401 e. The lowest BCUT2D eigenvalue weighted by Gasteiger charge is -2.33. The molecule has 0 amide bonds. The summed E-state index contributed by atoms with van der Waals surface area (Å²) < 4.78 is 12.2. The number of rotatable bonds is 10. The Labute approximate surface area is 164 Å². The highest BCUT2D eigenvalue weighted by Crippen LogP contribution is 2.18. The second-order valence-corrected chi connectivity index (χ2v) is 9.68. The molecule has 140 valence electrons. The van der Waals surface area contributed by atoms with Gasteiger partial charge in [-0.2, -0.15) is 0 Å². The number of hydrogen-bond donors (Lipinski definition) is 0. The lowest BCUT2D eigenvalue weighted by molar-refractivity contribution is 0.221. The summed E-state index contributed by atoms with van der Waals surface area (Å²) in [6, 6.07) is 20.9. The molecule has 0 bridgehead atoms. The van der Waals surface area contributed by atoms with Crippen LogP contribution in [0.1, 0.15) is 19.8 Å². The van der Waals surface area contributed by atoms with Crippen LogP contribution in [0.2, 0.25) is 0 Å². The highest BCUT2D eigenvalue weighted by molar-refractivity contribution is 7.01. The molecule has 0 saturated carbocycles. The van der Waals surface area contributed by atoms with Crippen LogP contribution in [0, 0.1) is 12.3 Å². The van der Waals surface area contributed by atoms with Crippen molar-refractivity contribution in [3.8, 4) is 12.3 Å². The molecule has 0 fully saturated rings. The third-order valence-corrected chi connectivity index (χ3v) is 8.31. The number of ether oxygens (including phenoxy) is 1. The maximum absolute atomic E-state index is 6.80. The first-order valence-corrected chi connectivity index (χ1v) is 11.2. The zero-order valence-corrected chi connectivity index (χ0v) is 17.2. The van der Waals surface area contributed by atoms with Gasteiger partial charge in [0.15, 0.2) is 0 Å². The maximum atomic E-state index is 6.80. The largest absolute Gasteiger partial charge is 0.401 e. The lowest BCUT2D eigenvalue weighted by Crippen LogP contribution is -2.61. The van der Waals surface area contributed by atoms with E-state index in [1.54, 1.807) is 7.11 Å². The first-order valence-electron chi connectivity index (χ1n) is 9.19. The smallest absolute Gasteiger partial charge is 0.281 e. The van der Waals surface area contributed by atoms with Gasteiger partial charge in [-0.05, 0) is 29.3 Å². The Morgan fingerprint density at radius 1 is 1.11 bits per heavy atom. The van der Waals surface area contributed by atoms with Gasteiger partial charge >= 0.3 is 0 Å². The average Bonchev–Trinajstić information content (AvgIpc) is 2.69. The summed E-state index contributed by atoms with van der Waals surface area (Å²) >= 11 is 0. The van der Waals surface area contributed by atoms with E-state index >= 15 is 0 Å². The van der Waals surface area contributed by atoms with E-state index in [9.17, 15) is 0 Å². The quantitative estimate of drug-likeness (QED) is 0.356. The van der Waals surface area contributed by atoms with Gasteiger partial charge < -0.3 is 9.16 Å². The van der Waals surface area contributed by atoms with Gasteiger partial charge in [0, 0.05) is 13.5 Å². The van der Waals surface area contributed by atoms with Crippen LogP contribution >= 0.6 is 0 Å². The van der Waals surface area contributed by atoms with Crippen molar-refractivity contribution >= 4 is 18.7 Å². The van der Waals surface area contributed by atoms with Crippen LogP contribution in [0.5, 0.6) is 0 Å². The van der Waals surface area contributed by atoms with Crippen molar-refractivity contribution in [2.45, 2.75) is 25.9 Å². The van der Waals surface area contributed by atoms with Crippen LogP contribution in [-0.4, -0.2) is 28.1 Å². The van der Waals surface area contributed by atoms with Crippen molar-refractivity contribution in [1.29, 1.82) is 0 Å². The van der Waals surface area contributed by atoms with Gasteiger partial charge in [-0.15, -0.1) is 18.9 Å². The van der Waals surface area contributed by atoms with Gasteiger partial charge in [0.25, 0.3) is 8.32 Å². The maximum Gasteiger partial charge on any atom is 0.281 e. The van der Waals surface area contributed by atoms with Crippen LogP contribution in [0.25, 0.3) is 0 Å². The SMILES string of the molecule is C#CCC(C)O[Si](/C=C(\CC=C)COC)(c1ccccc1)c1ccccc1. The Balaban J connectivity index is 2.70. The third kappa shape index (κ3) is 5.54. The van der Waals surface area contributed by atoms with Crippen molar-refractivity contribution in [3.05, 3.63) is 84.6 Å². The first-order chi connectivity index (χ1) is 13.2. The van der Waals surface area contributed by atoms with Gasteiger partial charge in [0.2, 0.25) is 0 Å². The molecule has 0 radical (unpaired) electrons. The fourth-order valence-corrected chi connectivity index (χ4v) is 7.09. The van der Waals surface area contributed by atoms with Crippen LogP contribution in [0.15, 0.2) is 84.6 Å². The van der Waals surface area contributed by atoms with Crippen molar-refractivity contribution < 1.29 is 9.16 Å². The summed E-state index contributed by atoms with van der Waals surface area (Å²) in [7, 11) is -0.956. The summed E-state index contributed by atoms with van der Waals surface area (Å²) in [6.45, 7) is 6.50. The molecule has 2 nitrogen and oxygen atoms in total. The fourth-order valence-electron chi connectivity index (χ4n) is 3.22. The molecule has 1 atom stereocenters. The Hall–Kier alpha value is -2.38. The summed E-state index contributed by atoms with van der Waals surface area (Å²) in [5.74, 6) is 2.73. The van der Waals surface area contributed by atoms with Crippen LogP contribution in [0.3, 0.4) is 0 Å². The fraction of sp³-hybridized carbons (Fsp3) is 0.250. The molecule has 0 heterocycles. The van der Waals surface area contributed by atoms with E-state index in [1.807, 2.05) is 25.1 Å². The van der Waals surface area contributed by atoms with E-state index in [1.165, 1.54) is 15.9 Å². The second kappa shape index (κ2) is 10.7. The predicted octanol–water partition coefficient (Wildman–Crippen LogP) is 3.86. The van der Waals surface area contributed by atoms with Crippen molar-refractivity contribution in [3.63, 3.8) is 0 Å². The number of methoxy groups -OCH3 is 1. The van der Waals surface area contributed by atoms with E-state index in [2.05, 4.69) is 66.7 Å².